The minimum absolute atomic E-state index is 0.247. The van der Waals surface area contributed by atoms with Crippen molar-refractivity contribution >= 4 is 12.3 Å². The Morgan fingerprint density at radius 1 is 0.875 bits per heavy atom. The molecule has 0 bridgehead atoms. The normalized spacial score (nSPS) is 20.8. The van der Waals surface area contributed by atoms with Gasteiger partial charge in [0.1, 0.15) is 12.2 Å². The molecule has 0 aromatic carbocycles. The van der Waals surface area contributed by atoms with Crippen molar-refractivity contribution in [2.24, 2.45) is 11.8 Å². The average Bonchev–Trinajstić information content (AvgIpc) is 2.51. The van der Waals surface area contributed by atoms with Crippen LogP contribution in [0.4, 0.5) is 9.59 Å². The third kappa shape index (κ3) is 8.99. The third-order valence-electron chi connectivity index (χ3n) is 3.82. The molecule has 2 unspecified atom stereocenters. The van der Waals surface area contributed by atoms with Crippen molar-refractivity contribution in [2.45, 2.75) is 78.4 Å². The van der Waals surface area contributed by atoms with Gasteiger partial charge in [-0.25, -0.2) is 9.59 Å². The summed E-state index contributed by atoms with van der Waals surface area (Å²) in [5.74, 6) is 0.828. The summed E-state index contributed by atoms with van der Waals surface area (Å²) in [4.78, 5) is 23.5. The topological polar surface area (TPSA) is 71.1 Å². The maximum atomic E-state index is 11.8. The molecular weight excluding hydrogens is 312 g/mol. The second-order valence-corrected chi connectivity index (χ2v) is 7.19. The maximum Gasteiger partial charge on any atom is 0.508 e. The lowest BCUT2D eigenvalue weighted by Gasteiger charge is -2.29. The average molecular weight is 344 g/mol. The number of hydrogen-bond acceptors (Lipinski definition) is 6. The van der Waals surface area contributed by atoms with Crippen molar-refractivity contribution in [1.82, 2.24) is 0 Å². The van der Waals surface area contributed by atoms with Crippen LogP contribution in [0.5, 0.6) is 0 Å². The van der Waals surface area contributed by atoms with Crippen LogP contribution in [0, 0.1) is 11.8 Å². The summed E-state index contributed by atoms with van der Waals surface area (Å²) in [5, 5.41) is 0. The summed E-state index contributed by atoms with van der Waals surface area (Å²) in [6, 6.07) is 0. The molecule has 2 atom stereocenters. The zero-order chi connectivity index (χ0) is 17.9. The van der Waals surface area contributed by atoms with Gasteiger partial charge in [-0.1, -0.05) is 27.7 Å². The lowest BCUT2D eigenvalue weighted by Crippen LogP contribution is -2.38. The van der Waals surface area contributed by atoms with Gasteiger partial charge in [-0.2, -0.15) is 0 Å². The Kier molecular flexibility index (Phi) is 9.57. The highest BCUT2D eigenvalue weighted by Gasteiger charge is 2.32. The molecule has 1 saturated carbocycles. The maximum absolute atomic E-state index is 11.8. The van der Waals surface area contributed by atoms with Crippen LogP contribution in [0.25, 0.3) is 0 Å². The van der Waals surface area contributed by atoms with E-state index in [9.17, 15) is 9.59 Å². The number of carbonyl (C=O) groups excluding carboxylic acids is 2. The fourth-order valence-corrected chi connectivity index (χ4v) is 2.53. The summed E-state index contributed by atoms with van der Waals surface area (Å²) < 4.78 is 20.8. The molecule has 0 aromatic rings. The highest BCUT2D eigenvalue weighted by Crippen LogP contribution is 2.25. The second kappa shape index (κ2) is 11.2. The Balaban J connectivity index is 2.34. The molecule has 0 saturated heterocycles. The molecule has 1 fully saturated rings. The van der Waals surface area contributed by atoms with Crippen molar-refractivity contribution in [1.29, 1.82) is 0 Å². The van der Waals surface area contributed by atoms with E-state index in [1.165, 1.54) is 0 Å². The van der Waals surface area contributed by atoms with E-state index in [4.69, 9.17) is 18.9 Å². The quantitative estimate of drug-likeness (QED) is 0.469. The first-order chi connectivity index (χ1) is 11.4. The van der Waals surface area contributed by atoms with Crippen LogP contribution in [0.15, 0.2) is 0 Å². The van der Waals surface area contributed by atoms with Crippen molar-refractivity contribution in [3.63, 3.8) is 0 Å². The second-order valence-electron chi connectivity index (χ2n) is 7.19. The van der Waals surface area contributed by atoms with Crippen molar-refractivity contribution < 1.29 is 28.5 Å². The van der Waals surface area contributed by atoms with Crippen molar-refractivity contribution in [3.8, 4) is 0 Å². The van der Waals surface area contributed by atoms with E-state index in [0.717, 1.165) is 25.7 Å². The number of ether oxygens (including phenoxy) is 4. The first kappa shape index (κ1) is 20.6. The Hall–Kier alpha value is -1.46. The molecule has 24 heavy (non-hydrogen) atoms. The minimum atomic E-state index is -0.700. The predicted octanol–water partition coefficient (Wildman–Crippen LogP) is 4.70. The van der Waals surface area contributed by atoms with Gasteiger partial charge in [-0.15, -0.1) is 0 Å². The van der Waals surface area contributed by atoms with Crippen LogP contribution in [-0.4, -0.2) is 37.7 Å². The summed E-state index contributed by atoms with van der Waals surface area (Å²) in [5.41, 5.74) is 0. The number of hydrogen-bond donors (Lipinski definition) is 0. The molecule has 0 aliphatic heterocycles. The van der Waals surface area contributed by atoms with Crippen LogP contribution in [0.2, 0.25) is 0 Å². The van der Waals surface area contributed by atoms with E-state index in [1.807, 2.05) is 13.8 Å². The largest absolute Gasteiger partial charge is 0.508 e. The molecule has 1 aliphatic rings. The molecule has 0 heterocycles. The molecule has 0 aromatic heterocycles. The van der Waals surface area contributed by atoms with Crippen LogP contribution in [-0.2, 0) is 18.9 Å². The summed E-state index contributed by atoms with van der Waals surface area (Å²) in [6.07, 6.45) is 2.74. The number of rotatable bonds is 8. The van der Waals surface area contributed by atoms with Gasteiger partial charge in [0.05, 0.1) is 13.2 Å². The fourth-order valence-electron chi connectivity index (χ4n) is 2.53. The summed E-state index contributed by atoms with van der Waals surface area (Å²) in [6.45, 7) is 8.83. The van der Waals surface area contributed by atoms with Gasteiger partial charge in [-0.3, -0.25) is 0 Å². The molecular formula is C18H32O6. The highest BCUT2D eigenvalue weighted by molar-refractivity contribution is 5.61. The molecule has 0 N–H and O–H groups in total. The molecule has 1 rings (SSSR count). The molecule has 0 radical (unpaired) electrons. The third-order valence-corrected chi connectivity index (χ3v) is 3.82. The monoisotopic (exact) mass is 344 g/mol. The van der Waals surface area contributed by atoms with Gasteiger partial charge < -0.3 is 18.9 Å². The predicted molar refractivity (Wildman–Crippen MR) is 89.8 cm³/mol. The van der Waals surface area contributed by atoms with E-state index >= 15 is 0 Å². The highest BCUT2D eigenvalue weighted by atomic mass is 16.8. The van der Waals surface area contributed by atoms with Gasteiger partial charge in [-0.05, 0) is 50.4 Å². The molecule has 0 amide bonds. The van der Waals surface area contributed by atoms with Crippen LogP contribution < -0.4 is 0 Å². The van der Waals surface area contributed by atoms with E-state index in [1.54, 1.807) is 0 Å². The molecule has 6 heteroatoms. The van der Waals surface area contributed by atoms with Crippen LogP contribution >= 0.6 is 0 Å². The Labute approximate surface area is 145 Å². The van der Waals surface area contributed by atoms with Gasteiger partial charge in [0.25, 0.3) is 0 Å². The SMILES string of the molecule is CC(C)CCCOC(=O)OC1CCCCC1OC(=O)OCC(C)C. The fraction of sp³-hybridized carbons (Fsp3) is 0.889. The zero-order valence-corrected chi connectivity index (χ0v) is 15.4. The first-order valence-electron chi connectivity index (χ1n) is 9.05. The van der Waals surface area contributed by atoms with E-state index < -0.39 is 24.5 Å². The lowest BCUT2D eigenvalue weighted by atomic mass is 9.95. The smallest absolute Gasteiger partial charge is 0.434 e. The number of carbonyl (C=O) groups is 2. The van der Waals surface area contributed by atoms with Crippen molar-refractivity contribution in [2.75, 3.05) is 13.2 Å². The Morgan fingerprint density at radius 3 is 1.92 bits per heavy atom. The molecule has 0 spiro atoms. The summed E-state index contributed by atoms with van der Waals surface area (Å²) in [7, 11) is 0. The van der Waals surface area contributed by atoms with Gasteiger partial charge in [0.15, 0.2) is 0 Å². The summed E-state index contributed by atoms with van der Waals surface area (Å²) >= 11 is 0. The van der Waals surface area contributed by atoms with Gasteiger partial charge in [0.2, 0.25) is 0 Å². The van der Waals surface area contributed by atoms with E-state index in [-0.39, 0.29) is 5.92 Å². The molecule has 1 aliphatic carbocycles. The van der Waals surface area contributed by atoms with Gasteiger partial charge in [0, 0.05) is 0 Å². The van der Waals surface area contributed by atoms with Gasteiger partial charge >= 0.3 is 12.3 Å². The first-order valence-corrected chi connectivity index (χ1v) is 9.05. The lowest BCUT2D eigenvalue weighted by molar-refractivity contribution is -0.0723. The van der Waals surface area contributed by atoms with E-state index in [0.29, 0.717) is 32.0 Å². The Bertz CT molecular complexity index is 380. The molecule has 6 nitrogen and oxygen atoms in total. The molecule has 140 valence electrons. The van der Waals surface area contributed by atoms with E-state index in [2.05, 4.69) is 13.8 Å². The standard InChI is InChI=1S/C18H32O6/c1-13(2)8-7-11-21-17(19)23-15-9-5-6-10-16(15)24-18(20)22-12-14(3)4/h13-16H,5-12H2,1-4H3. The van der Waals surface area contributed by atoms with Crippen LogP contribution in [0.1, 0.15) is 66.2 Å². The van der Waals surface area contributed by atoms with Crippen molar-refractivity contribution in [3.05, 3.63) is 0 Å². The zero-order valence-electron chi connectivity index (χ0n) is 15.4. The minimum Gasteiger partial charge on any atom is -0.434 e. The Morgan fingerprint density at radius 2 is 1.42 bits per heavy atom. The van der Waals surface area contributed by atoms with Crippen LogP contribution in [0.3, 0.4) is 0 Å².